The summed E-state index contributed by atoms with van der Waals surface area (Å²) in [6.07, 6.45) is 4.71. The summed E-state index contributed by atoms with van der Waals surface area (Å²) in [5.74, 6) is -0.388. The van der Waals surface area contributed by atoms with Crippen molar-refractivity contribution in [3.05, 3.63) is 17.4 Å². The highest BCUT2D eigenvalue weighted by Crippen LogP contribution is 2.49. The van der Waals surface area contributed by atoms with Gasteiger partial charge in [-0.25, -0.2) is 4.39 Å². The molecule has 4 nitrogen and oxygen atoms in total. The third-order valence-corrected chi connectivity index (χ3v) is 4.32. The molecule has 0 aliphatic heterocycles. The molecule has 5 heteroatoms. The van der Waals surface area contributed by atoms with Gasteiger partial charge in [-0.15, -0.1) is 0 Å². The fourth-order valence-electron chi connectivity index (χ4n) is 3.22. The molecular weight excluding hydrogens is 261 g/mol. The lowest BCUT2D eigenvalue weighted by molar-refractivity contribution is 0.266. The molecule has 0 atom stereocenters. The molecule has 0 radical (unpaired) electrons. The summed E-state index contributed by atoms with van der Waals surface area (Å²) in [5.41, 5.74) is 5.83. The fraction of sp³-hybridized carbons (Fsp3) is 0.600. The van der Waals surface area contributed by atoms with E-state index in [1.54, 1.807) is 0 Å². The number of benzene rings is 1. The Kier molecular flexibility index (Phi) is 4.38. The number of aromatic hydroxyl groups is 1. The number of nitrogens with two attached hydrogens (primary N) is 1. The van der Waals surface area contributed by atoms with E-state index in [9.17, 15) is 9.50 Å². The van der Waals surface area contributed by atoms with Gasteiger partial charge in [-0.3, -0.25) is 0 Å². The van der Waals surface area contributed by atoms with Crippen LogP contribution in [0.1, 0.15) is 37.7 Å². The molecule has 0 heterocycles. The Morgan fingerprint density at radius 1 is 1.25 bits per heavy atom. The van der Waals surface area contributed by atoms with Crippen molar-refractivity contribution in [3.63, 3.8) is 0 Å². The molecule has 0 bridgehead atoms. The van der Waals surface area contributed by atoms with Crippen LogP contribution in [0.25, 0.3) is 0 Å². The number of ether oxygens (including phenoxy) is 2. The molecule has 0 saturated heterocycles. The molecule has 0 aromatic heterocycles. The largest absolute Gasteiger partial charge is 0.505 e. The van der Waals surface area contributed by atoms with Crippen LogP contribution in [-0.4, -0.2) is 25.9 Å². The average molecular weight is 283 g/mol. The number of methoxy groups -OCH3 is 2. The smallest absolute Gasteiger partial charge is 0.172 e. The van der Waals surface area contributed by atoms with E-state index in [0.29, 0.717) is 23.6 Å². The first-order valence-electron chi connectivity index (χ1n) is 6.93. The number of phenols is 1. The highest BCUT2D eigenvalue weighted by molar-refractivity contribution is 5.56. The molecule has 0 unspecified atom stereocenters. The molecule has 1 aliphatic rings. The third-order valence-electron chi connectivity index (χ3n) is 4.32. The van der Waals surface area contributed by atoms with Crippen LogP contribution in [0.15, 0.2) is 6.07 Å². The lowest BCUT2D eigenvalue weighted by Crippen LogP contribution is -2.38. The molecule has 0 spiro atoms. The lowest BCUT2D eigenvalue weighted by atomic mass is 9.69. The van der Waals surface area contributed by atoms with Crippen LogP contribution in [0.3, 0.4) is 0 Å². The first kappa shape index (κ1) is 14.9. The van der Waals surface area contributed by atoms with E-state index in [2.05, 4.69) is 0 Å². The van der Waals surface area contributed by atoms with Gasteiger partial charge >= 0.3 is 0 Å². The highest BCUT2D eigenvalue weighted by Gasteiger charge is 2.39. The van der Waals surface area contributed by atoms with Crippen LogP contribution in [-0.2, 0) is 5.41 Å². The van der Waals surface area contributed by atoms with Crippen molar-refractivity contribution in [3.8, 4) is 17.2 Å². The van der Waals surface area contributed by atoms with Gasteiger partial charge in [0.25, 0.3) is 0 Å². The minimum atomic E-state index is -0.644. The minimum absolute atomic E-state index is 0.326. The van der Waals surface area contributed by atoms with Gasteiger partial charge < -0.3 is 20.3 Å². The Morgan fingerprint density at radius 3 is 2.40 bits per heavy atom. The maximum atomic E-state index is 14.5. The van der Waals surface area contributed by atoms with Gasteiger partial charge in [-0.2, -0.15) is 0 Å². The SMILES string of the molecule is COc1cc(O)c(F)c(C2(CN)CCCCC2)c1OC. The first-order chi connectivity index (χ1) is 9.59. The van der Waals surface area contributed by atoms with Crippen molar-refractivity contribution in [1.82, 2.24) is 0 Å². The zero-order chi connectivity index (χ0) is 14.8. The molecule has 2 rings (SSSR count). The van der Waals surface area contributed by atoms with E-state index < -0.39 is 17.0 Å². The van der Waals surface area contributed by atoms with Crippen LogP contribution in [0, 0.1) is 5.82 Å². The number of halogens is 1. The summed E-state index contributed by atoms with van der Waals surface area (Å²) < 4.78 is 25.1. The van der Waals surface area contributed by atoms with E-state index in [0.717, 1.165) is 32.1 Å². The summed E-state index contributed by atoms with van der Waals surface area (Å²) in [5, 5.41) is 9.82. The topological polar surface area (TPSA) is 64.7 Å². The van der Waals surface area contributed by atoms with Crippen molar-refractivity contribution in [2.45, 2.75) is 37.5 Å². The normalized spacial score (nSPS) is 17.8. The number of hydrogen-bond acceptors (Lipinski definition) is 4. The highest BCUT2D eigenvalue weighted by atomic mass is 19.1. The first-order valence-corrected chi connectivity index (χ1v) is 6.93. The quantitative estimate of drug-likeness (QED) is 0.891. The van der Waals surface area contributed by atoms with E-state index in [4.69, 9.17) is 15.2 Å². The van der Waals surface area contributed by atoms with Crippen molar-refractivity contribution in [2.75, 3.05) is 20.8 Å². The number of hydrogen-bond donors (Lipinski definition) is 2. The van der Waals surface area contributed by atoms with Crippen molar-refractivity contribution in [2.24, 2.45) is 5.73 Å². The van der Waals surface area contributed by atoms with E-state index >= 15 is 0 Å². The molecule has 1 aromatic carbocycles. The van der Waals surface area contributed by atoms with Crippen LogP contribution in [0.4, 0.5) is 4.39 Å². The lowest BCUT2D eigenvalue weighted by Gasteiger charge is -2.38. The summed E-state index contributed by atoms with van der Waals surface area (Å²) in [7, 11) is 2.94. The maximum absolute atomic E-state index is 14.5. The Morgan fingerprint density at radius 2 is 1.90 bits per heavy atom. The molecular formula is C15H22FNO3. The molecule has 1 saturated carbocycles. The average Bonchev–Trinajstić information content (AvgIpc) is 2.49. The van der Waals surface area contributed by atoms with Crippen molar-refractivity contribution < 1.29 is 19.0 Å². The summed E-state index contributed by atoms with van der Waals surface area (Å²) in [6, 6.07) is 1.24. The van der Waals surface area contributed by atoms with E-state index in [1.807, 2.05) is 0 Å². The third kappa shape index (κ3) is 2.30. The monoisotopic (exact) mass is 283 g/mol. The van der Waals surface area contributed by atoms with Crippen LogP contribution in [0.2, 0.25) is 0 Å². The zero-order valence-electron chi connectivity index (χ0n) is 12.0. The van der Waals surface area contributed by atoms with Gasteiger partial charge in [0.2, 0.25) is 0 Å². The molecule has 3 N–H and O–H groups in total. The Balaban J connectivity index is 2.66. The van der Waals surface area contributed by atoms with Crippen LogP contribution < -0.4 is 15.2 Å². The van der Waals surface area contributed by atoms with Gasteiger partial charge in [0, 0.05) is 23.6 Å². The standard InChI is InChI=1S/C15H22FNO3/c1-19-11-8-10(18)13(16)12(14(11)20-2)15(9-17)6-4-3-5-7-15/h8,18H,3-7,9,17H2,1-2H3. The Hall–Kier alpha value is -1.49. The van der Waals surface area contributed by atoms with Crippen LogP contribution >= 0.6 is 0 Å². The van der Waals surface area contributed by atoms with Gasteiger partial charge in [0.15, 0.2) is 23.1 Å². The van der Waals surface area contributed by atoms with E-state index in [1.165, 1.54) is 20.3 Å². The van der Waals surface area contributed by atoms with Gasteiger partial charge in [0.05, 0.1) is 14.2 Å². The molecule has 1 aromatic rings. The second kappa shape index (κ2) is 5.87. The predicted molar refractivity (Wildman–Crippen MR) is 75.0 cm³/mol. The van der Waals surface area contributed by atoms with Crippen molar-refractivity contribution >= 4 is 0 Å². The minimum Gasteiger partial charge on any atom is -0.505 e. The fourth-order valence-corrected chi connectivity index (χ4v) is 3.22. The number of rotatable bonds is 4. The van der Waals surface area contributed by atoms with Gasteiger partial charge in [-0.1, -0.05) is 19.3 Å². The zero-order valence-corrected chi connectivity index (χ0v) is 12.0. The molecule has 1 aliphatic carbocycles. The molecule has 20 heavy (non-hydrogen) atoms. The number of phenolic OH excluding ortho intramolecular Hbond substituents is 1. The molecule has 0 amide bonds. The summed E-state index contributed by atoms with van der Waals surface area (Å²) >= 11 is 0. The second-order valence-electron chi connectivity index (χ2n) is 5.37. The van der Waals surface area contributed by atoms with Gasteiger partial charge in [0.1, 0.15) is 0 Å². The molecule has 1 fully saturated rings. The summed E-state index contributed by atoms with van der Waals surface area (Å²) in [4.78, 5) is 0. The maximum Gasteiger partial charge on any atom is 0.172 e. The van der Waals surface area contributed by atoms with E-state index in [-0.39, 0.29) is 0 Å². The molecule has 112 valence electrons. The van der Waals surface area contributed by atoms with Gasteiger partial charge in [-0.05, 0) is 12.8 Å². The second-order valence-corrected chi connectivity index (χ2v) is 5.37. The van der Waals surface area contributed by atoms with Crippen LogP contribution in [0.5, 0.6) is 17.2 Å². The predicted octanol–water partition coefficient (Wildman–Crippen LogP) is 2.71. The van der Waals surface area contributed by atoms with Crippen molar-refractivity contribution in [1.29, 1.82) is 0 Å². The summed E-state index contributed by atoms with van der Waals surface area (Å²) in [6.45, 7) is 0.326. The Labute approximate surface area is 118 Å². The Bertz CT molecular complexity index is 484.